The predicted octanol–water partition coefficient (Wildman–Crippen LogP) is 3.24. The van der Waals surface area contributed by atoms with Crippen LogP contribution in [0.3, 0.4) is 0 Å². The third-order valence-electron chi connectivity index (χ3n) is 3.27. The maximum absolute atomic E-state index is 10.1. The summed E-state index contributed by atoms with van der Waals surface area (Å²) in [5, 5.41) is 21.0. The van der Waals surface area contributed by atoms with Gasteiger partial charge in [0.1, 0.15) is 0 Å². The van der Waals surface area contributed by atoms with E-state index in [1.54, 1.807) is 6.07 Å². The van der Waals surface area contributed by atoms with Gasteiger partial charge in [-0.2, -0.15) is 4.57 Å². The lowest BCUT2D eigenvalue weighted by molar-refractivity contribution is -0.691. The second-order valence-corrected chi connectivity index (χ2v) is 5.26. The monoisotopic (exact) mass is 246 g/mol. The average molecular weight is 246 g/mol. The third kappa shape index (κ3) is 1.90. The number of aromatic nitrogens is 1. The molecule has 0 fully saturated rings. The molecule has 0 aliphatic carbocycles. The molecule has 1 aromatic heterocycles. The summed E-state index contributed by atoms with van der Waals surface area (Å²) in [6.45, 7) is 8.27. The van der Waals surface area contributed by atoms with E-state index in [1.807, 2.05) is 22.9 Å². The van der Waals surface area contributed by atoms with E-state index in [2.05, 4.69) is 27.7 Å². The van der Waals surface area contributed by atoms with Gasteiger partial charge in [-0.3, -0.25) is 0 Å². The van der Waals surface area contributed by atoms with Gasteiger partial charge in [0, 0.05) is 6.07 Å². The van der Waals surface area contributed by atoms with Crippen molar-refractivity contribution in [3.8, 4) is 11.5 Å². The van der Waals surface area contributed by atoms with Crippen LogP contribution in [0, 0.1) is 0 Å². The van der Waals surface area contributed by atoms with Crippen LogP contribution < -0.4 is 4.57 Å². The summed E-state index contributed by atoms with van der Waals surface area (Å²) >= 11 is 0. The Labute approximate surface area is 107 Å². The van der Waals surface area contributed by atoms with Crippen LogP contribution in [0.4, 0.5) is 0 Å². The number of hydrogen-bond donors (Lipinski definition) is 2. The van der Waals surface area contributed by atoms with Crippen molar-refractivity contribution in [1.29, 1.82) is 0 Å². The molecule has 0 atom stereocenters. The average Bonchev–Trinajstić information content (AvgIpc) is 2.32. The Morgan fingerprint density at radius 2 is 1.78 bits per heavy atom. The molecule has 0 amide bonds. The Hall–Kier alpha value is -1.77. The fourth-order valence-electron chi connectivity index (χ4n) is 2.33. The van der Waals surface area contributed by atoms with Crippen LogP contribution in [0.1, 0.15) is 45.2 Å². The Morgan fingerprint density at radius 3 is 2.33 bits per heavy atom. The second-order valence-electron chi connectivity index (χ2n) is 5.26. The fourth-order valence-corrected chi connectivity index (χ4v) is 2.33. The summed E-state index contributed by atoms with van der Waals surface area (Å²) in [5.41, 5.74) is 1.76. The molecule has 0 spiro atoms. The van der Waals surface area contributed by atoms with Crippen molar-refractivity contribution in [3.63, 3.8) is 0 Å². The van der Waals surface area contributed by atoms with Crippen LogP contribution in [0.25, 0.3) is 10.9 Å². The topological polar surface area (TPSA) is 44.3 Å². The van der Waals surface area contributed by atoms with Crippen molar-refractivity contribution in [2.45, 2.75) is 39.7 Å². The zero-order chi connectivity index (χ0) is 13.4. The van der Waals surface area contributed by atoms with Crippen molar-refractivity contribution >= 4 is 10.9 Å². The number of rotatable bonds is 2. The molecule has 0 unspecified atom stereocenters. The van der Waals surface area contributed by atoms with Gasteiger partial charge in [-0.05, 0) is 37.5 Å². The number of phenols is 2. The zero-order valence-corrected chi connectivity index (χ0v) is 11.3. The molecule has 96 valence electrons. The first-order valence-corrected chi connectivity index (χ1v) is 6.32. The number of aromatic hydroxyl groups is 2. The van der Waals surface area contributed by atoms with Crippen LogP contribution in [0.2, 0.25) is 0 Å². The quantitative estimate of drug-likeness (QED) is 0.631. The molecule has 2 rings (SSSR count). The van der Waals surface area contributed by atoms with Crippen LogP contribution in [-0.2, 0) is 0 Å². The first-order valence-electron chi connectivity index (χ1n) is 6.32. The Kier molecular flexibility index (Phi) is 3.16. The van der Waals surface area contributed by atoms with E-state index in [4.69, 9.17) is 0 Å². The van der Waals surface area contributed by atoms with E-state index in [-0.39, 0.29) is 17.5 Å². The maximum atomic E-state index is 10.1. The Morgan fingerprint density at radius 1 is 1.11 bits per heavy atom. The van der Waals surface area contributed by atoms with Gasteiger partial charge >= 0.3 is 0 Å². The van der Waals surface area contributed by atoms with Gasteiger partial charge in [0.05, 0.1) is 5.39 Å². The Balaban J connectivity index is 2.93. The normalized spacial score (nSPS) is 11.7. The summed E-state index contributed by atoms with van der Waals surface area (Å²) in [7, 11) is 0. The van der Waals surface area contributed by atoms with Crippen LogP contribution in [-0.4, -0.2) is 10.2 Å². The summed E-state index contributed by atoms with van der Waals surface area (Å²) in [6, 6.07) is 5.85. The SMILES string of the molecule is CC(C)c1cc(O)c(O)c2c1ccc[n+]2C(C)C. The van der Waals surface area contributed by atoms with Crippen LogP contribution in [0.5, 0.6) is 11.5 Å². The van der Waals surface area contributed by atoms with Crippen molar-refractivity contribution in [3.05, 3.63) is 30.0 Å². The Bertz CT molecular complexity index is 583. The predicted molar refractivity (Wildman–Crippen MR) is 71.9 cm³/mol. The smallest absolute Gasteiger partial charge is 0.259 e. The molecule has 0 saturated carbocycles. The number of pyridine rings is 1. The minimum Gasteiger partial charge on any atom is -0.504 e. The zero-order valence-electron chi connectivity index (χ0n) is 11.3. The van der Waals surface area contributed by atoms with Gasteiger partial charge in [-0.1, -0.05) is 13.8 Å². The van der Waals surface area contributed by atoms with Gasteiger partial charge in [-0.15, -0.1) is 0 Å². The van der Waals surface area contributed by atoms with E-state index < -0.39 is 0 Å². The number of hydrogen-bond acceptors (Lipinski definition) is 2. The van der Waals surface area contributed by atoms with Crippen molar-refractivity contribution < 1.29 is 14.8 Å². The van der Waals surface area contributed by atoms with Crippen molar-refractivity contribution in [1.82, 2.24) is 0 Å². The van der Waals surface area contributed by atoms with E-state index in [0.717, 1.165) is 10.9 Å². The molecule has 3 nitrogen and oxygen atoms in total. The molecule has 0 bridgehead atoms. The minimum absolute atomic E-state index is 0.0382. The van der Waals surface area contributed by atoms with Crippen molar-refractivity contribution in [2.24, 2.45) is 0 Å². The van der Waals surface area contributed by atoms with Gasteiger partial charge in [-0.25, -0.2) is 0 Å². The van der Waals surface area contributed by atoms with E-state index >= 15 is 0 Å². The second kappa shape index (κ2) is 4.48. The number of nitrogens with zero attached hydrogens (tertiary/aromatic N) is 1. The van der Waals surface area contributed by atoms with E-state index in [0.29, 0.717) is 11.4 Å². The lowest BCUT2D eigenvalue weighted by atomic mass is 9.97. The summed E-state index contributed by atoms with van der Waals surface area (Å²) in [4.78, 5) is 0. The van der Waals surface area contributed by atoms with Crippen molar-refractivity contribution in [2.75, 3.05) is 0 Å². The van der Waals surface area contributed by atoms with E-state index in [9.17, 15) is 10.2 Å². The van der Waals surface area contributed by atoms with Gasteiger partial charge in [0.25, 0.3) is 5.52 Å². The standard InChI is InChI=1S/C15H19NO2/c1-9(2)12-8-13(17)15(18)14-11(12)6-5-7-16(14)10(3)4/h5-10,18H,1-4H3/p+1. The molecule has 18 heavy (non-hydrogen) atoms. The maximum Gasteiger partial charge on any atom is 0.259 e. The molecule has 2 N–H and O–H groups in total. The molecule has 0 radical (unpaired) electrons. The summed E-state index contributed by atoms with van der Waals surface area (Å²) in [6.07, 6.45) is 1.93. The molecular weight excluding hydrogens is 226 g/mol. The van der Waals surface area contributed by atoms with Crippen LogP contribution in [0.15, 0.2) is 24.4 Å². The molecule has 3 heteroatoms. The lowest BCUT2D eigenvalue weighted by Gasteiger charge is -2.13. The molecule has 0 saturated heterocycles. The molecule has 1 heterocycles. The minimum atomic E-state index is -0.0493. The highest BCUT2D eigenvalue weighted by Gasteiger charge is 2.22. The first-order chi connectivity index (χ1) is 8.43. The number of fused-ring (bicyclic) bond motifs is 1. The molecular formula is C15H20NO2+. The molecule has 0 aliphatic heterocycles. The largest absolute Gasteiger partial charge is 0.504 e. The molecule has 0 aliphatic rings. The van der Waals surface area contributed by atoms with Gasteiger partial charge < -0.3 is 10.2 Å². The summed E-state index contributed by atoms with van der Waals surface area (Å²) < 4.78 is 1.98. The summed E-state index contributed by atoms with van der Waals surface area (Å²) in [5.74, 6) is 0.206. The van der Waals surface area contributed by atoms with E-state index in [1.165, 1.54) is 0 Å². The van der Waals surface area contributed by atoms with Gasteiger partial charge in [0.2, 0.25) is 5.75 Å². The number of phenolic OH excluding ortho intramolecular Hbond substituents is 2. The molecule has 2 aromatic rings. The lowest BCUT2D eigenvalue weighted by Crippen LogP contribution is -2.36. The highest BCUT2D eigenvalue weighted by Crippen LogP contribution is 2.37. The third-order valence-corrected chi connectivity index (χ3v) is 3.27. The highest BCUT2D eigenvalue weighted by atomic mass is 16.3. The first kappa shape index (κ1) is 12.7. The van der Waals surface area contributed by atoms with Gasteiger partial charge in [0.15, 0.2) is 18.0 Å². The number of benzene rings is 1. The fraction of sp³-hybridized carbons (Fsp3) is 0.400. The highest BCUT2D eigenvalue weighted by molar-refractivity contribution is 5.87. The molecule has 1 aromatic carbocycles. The van der Waals surface area contributed by atoms with Crippen LogP contribution >= 0.6 is 0 Å².